The lowest BCUT2D eigenvalue weighted by Gasteiger charge is -2.37. The summed E-state index contributed by atoms with van der Waals surface area (Å²) in [4.78, 5) is 6.98. The number of nitrogens with one attached hydrogen (secondary N) is 1. The molecule has 6 heteroatoms. The number of thiocarbonyl (C=S) groups is 1. The molecule has 5 rings (SSSR count). The molecule has 1 aliphatic rings. The van der Waals surface area contributed by atoms with Gasteiger partial charge in [0.25, 0.3) is 5.89 Å². The van der Waals surface area contributed by atoms with Crippen molar-refractivity contribution in [3.8, 4) is 11.4 Å². The lowest BCUT2D eigenvalue weighted by Crippen LogP contribution is -2.46. The van der Waals surface area contributed by atoms with E-state index in [1.165, 1.54) is 16.7 Å². The Kier molecular flexibility index (Phi) is 6.96. The third-order valence-electron chi connectivity index (χ3n) is 6.84. The molecule has 1 aliphatic heterocycles. The fraction of sp³-hybridized carbons (Fsp3) is 0.233. The van der Waals surface area contributed by atoms with Crippen LogP contribution in [-0.2, 0) is 6.42 Å². The first-order valence-electron chi connectivity index (χ1n) is 12.3. The molecule has 4 aromatic rings. The predicted molar refractivity (Wildman–Crippen MR) is 148 cm³/mol. The van der Waals surface area contributed by atoms with Crippen molar-refractivity contribution in [3.63, 3.8) is 0 Å². The van der Waals surface area contributed by atoms with Gasteiger partial charge in [0, 0.05) is 17.8 Å². The van der Waals surface area contributed by atoms with Crippen LogP contribution in [0.15, 0.2) is 89.1 Å². The van der Waals surface area contributed by atoms with E-state index in [2.05, 4.69) is 78.6 Å². The molecular weight excluding hydrogens is 464 g/mol. The molecule has 0 bridgehead atoms. The summed E-state index contributed by atoms with van der Waals surface area (Å²) in [5, 5.41) is 8.60. The van der Waals surface area contributed by atoms with Crippen LogP contribution in [0.4, 0.5) is 0 Å². The van der Waals surface area contributed by atoms with Crippen LogP contribution < -0.4 is 5.32 Å². The fourth-order valence-electron chi connectivity index (χ4n) is 4.65. The van der Waals surface area contributed by atoms with Crippen molar-refractivity contribution in [2.75, 3.05) is 6.54 Å². The van der Waals surface area contributed by atoms with E-state index in [-0.39, 0.29) is 6.04 Å². The summed E-state index contributed by atoms with van der Waals surface area (Å²) in [5.74, 6) is 1.09. The number of aryl methyl sites for hydroxylation is 3. The molecule has 0 aliphatic carbocycles. The highest BCUT2D eigenvalue weighted by Gasteiger charge is 2.34. The second kappa shape index (κ2) is 10.5. The normalized spacial score (nSPS) is 15.8. The quantitative estimate of drug-likeness (QED) is 0.290. The SMILES string of the molecule is CC1=C(c2nc(-c3ccccc3)no2)C(c2ccc(C)c(C)c2)NC(=S)N1CCCc1ccccc1. The van der Waals surface area contributed by atoms with Gasteiger partial charge in [-0.2, -0.15) is 4.98 Å². The number of benzene rings is 3. The minimum absolute atomic E-state index is 0.175. The smallest absolute Gasteiger partial charge is 0.258 e. The predicted octanol–water partition coefficient (Wildman–Crippen LogP) is 6.65. The molecule has 1 unspecified atom stereocenters. The van der Waals surface area contributed by atoms with Gasteiger partial charge in [-0.15, -0.1) is 0 Å². The molecule has 36 heavy (non-hydrogen) atoms. The molecule has 182 valence electrons. The third-order valence-corrected chi connectivity index (χ3v) is 7.18. The molecule has 0 radical (unpaired) electrons. The van der Waals surface area contributed by atoms with E-state index >= 15 is 0 Å². The minimum Gasteiger partial charge on any atom is -0.351 e. The second-order valence-electron chi connectivity index (χ2n) is 9.26. The van der Waals surface area contributed by atoms with E-state index in [1.807, 2.05) is 36.4 Å². The molecule has 0 fully saturated rings. The van der Waals surface area contributed by atoms with Gasteiger partial charge in [-0.3, -0.25) is 0 Å². The number of hydrogen-bond acceptors (Lipinski definition) is 4. The van der Waals surface area contributed by atoms with Crippen LogP contribution in [0, 0.1) is 13.8 Å². The van der Waals surface area contributed by atoms with Crippen LogP contribution in [0.1, 0.15) is 47.5 Å². The second-order valence-corrected chi connectivity index (χ2v) is 9.64. The molecule has 2 heterocycles. The van der Waals surface area contributed by atoms with E-state index in [0.717, 1.165) is 46.9 Å². The maximum atomic E-state index is 5.87. The first-order valence-corrected chi connectivity index (χ1v) is 12.7. The molecule has 1 N–H and O–H groups in total. The Morgan fingerprint density at radius 3 is 2.36 bits per heavy atom. The van der Waals surface area contributed by atoms with E-state index in [9.17, 15) is 0 Å². The highest BCUT2D eigenvalue weighted by molar-refractivity contribution is 7.80. The summed E-state index contributed by atoms with van der Waals surface area (Å²) >= 11 is 5.87. The number of rotatable bonds is 7. The summed E-state index contributed by atoms with van der Waals surface area (Å²) < 4.78 is 5.86. The van der Waals surface area contributed by atoms with Crippen molar-refractivity contribution in [1.29, 1.82) is 0 Å². The molecule has 5 nitrogen and oxygen atoms in total. The lowest BCUT2D eigenvalue weighted by atomic mass is 9.92. The summed E-state index contributed by atoms with van der Waals surface area (Å²) in [6, 6.07) is 26.8. The molecule has 0 amide bonds. The van der Waals surface area contributed by atoms with Gasteiger partial charge in [0.2, 0.25) is 5.82 Å². The Morgan fingerprint density at radius 2 is 1.64 bits per heavy atom. The van der Waals surface area contributed by atoms with E-state index in [0.29, 0.717) is 11.7 Å². The van der Waals surface area contributed by atoms with Crippen molar-refractivity contribution in [3.05, 3.63) is 113 Å². The van der Waals surface area contributed by atoms with Gasteiger partial charge < -0.3 is 14.7 Å². The van der Waals surface area contributed by atoms with E-state index in [1.54, 1.807) is 0 Å². The maximum Gasteiger partial charge on any atom is 0.258 e. The highest BCUT2D eigenvalue weighted by Crippen LogP contribution is 2.38. The van der Waals surface area contributed by atoms with Crippen LogP contribution >= 0.6 is 12.2 Å². The Labute approximate surface area is 217 Å². The van der Waals surface area contributed by atoms with Crippen molar-refractivity contribution < 1.29 is 4.52 Å². The molecule has 0 spiro atoms. The monoisotopic (exact) mass is 494 g/mol. The summed E-state index contributed by atoms with van der Waals surface area (Å²) in [7, 11) is 0. The van der Waals surface area contributed by atoms with Gasteiger partial charge in [0.05, 0.1) is 11.6 Å². The standard InChI is InChI=1S/C30H30N4OS/c1-20-16-17-25(19-21(20)2)27-26(29-32-28(33-35-29)24-14-8-5-9-15-24)22(3)34(30(36)31-27)18-10-13-23-11-6-4-7-12-23/h4-9,11-12,14-17,19,27H,10,13,18H2,1-3H3,(H,31,36). The summed E-state index contributed by atoms with van der Waals surface area (Å²) in [5.41, 5.74) is 7.86. The van der Waals surface area contributed by atoms with Crippen LogP contribution in [0.25, 0.3) is 17.0 Å². The minimum atomic E-state index is -0.175. The Hall–Kier alpha value is -3.77. The zero-order chi connectivity index (χ0) is 25.1. The average Bonchev–Trinajstić information content (AvgIpc) is 3.38. The van der Waals surface area contributed by atoms with Gasteiger partial charge in [-0.05, 0) is 68.1 Å². The van der Waals surface area contributed by atoms with Crippen LogP contribution in [0.3, 0.4) is 0 Å². The van der Waals surface area contributed by atoms with E-state index in [4.69, 9.17) is 21.7 Å². The zero-order valence-electron chi connectivity index (χ0n) is 20.9. The van der Waals surface area contributed by atoms with Gasteiger partial charge in [0.15, 0.2) is 5.11 Å². The van der Waals surface area contributed by atoms with Crippen molar-refractivity contribution in [1.82, 2.24) is 20.4 Å². The summed E-state index contributed by atoms with van der Waals surface area (Å²) in [6.07, 6.45) is 1.96. The summed E-state index contributed by atoms with van der Waals surface area (Å²) in [6.45, 7) is 7.16. The first-order chi connectivity index (χ1) is 17.5. The van der Waals surface area contributed by atoms with Crippen LogP contribution in [-0.4, -0.2) is 26.7 Å². The molecule has 0 saturated heterocycles. The van der Waals surface area contributed by atoms with Crippen molar-refractivity contribution >= 4 is 22.9 Å². The van der Waals surface area contributed by atoms with Gasteiger partial charge in [-0.25, -0.2) is 0 Å². The van der Waals surface area contributed by atoms with Crippen LogP contribution in [0.5, 0.6) is 0 Å². The van der Waals surface area contributed by atoms with Gasteiger partial charge in [0.1, 0.15) is 0 Å². The van der Waals surface area contributed by atoms with Crippen molar-refractivity contribution in [2.45, 2.75) is 39.7 Å². The Morgan fingerprint density at radius 1 is 0.917 bits per heavy atom. The molecule has 3 aromatic carbocycles. The first kappa shape index (κ1) is 23.9. The van der Waals surface area contributed by atoms with Gasteiger partial charge in [-0.1, -0.05) is 84.0 Å². The van der Waals surface area contributed by atoms with Crippen molar-refractivity contribution in [2.24, 2.45) is 0 Å². The molecule has 0 saturated carbocycles. The molecule has 1 aromatic heterocycles. The third kappa shape index (κ3) is 4.95. The largest absolute Gasteiger partial charge is 0.351 e. The van der Waals surface area contributed by atoms with Crippen LogP contribution in [0.2, 0.25) is 0 Å². The zero-order valence-corrected chi connectivity index (χ0v) is 21.7. The number of allylic oxidation sites excluding steroid dienone is 1. The number of aromatic nitrogens is 2. The Bertz CT molecular complexity index is 1390. The topological polar surface area (TPSA) is 54.2 Å². The average molecular weight is 495 g/mol. The highest BCUT2D eigenvalue weighted by atomic mass is 32.1. The van der Waals surface area contributed by atoms with Gasteiger partial charge >= 0.3 is 0 Å². The number of nitrogens with zero attached hydrogens (tertiary/aromatic N) is 3. The molecular formula is C30H30N4OS. The molecule has 1 atom stereocenters. The van der Waals surface area contributed by atoms with E-state index < -0.39 is 0 Å². The number of hydrogen-bond donors (Lipinski definition) is 1. The Balaban J connectivity index is 1.51. The maximum absolute atomic E-state index is 5.87. The fourth-order valence-corrected chi connectivity index (χ4v) is 4.99. The lowest BCUT2D eigenvalue weighted by molar-refractivity contribution is 0.396.